The number of ketones is 1. The van der Waals surface area contributed by atoms with Crippen molar-refractivity contribution in [3.63, 3.8) is 0 Å². The molecule has 34 heavy (non-hydrogen) atoms. The second-order valence-electron chi connectivity index (χ2n) is 9.16. The molecule has 8 nitrogen and oxygen atoms in total. The lowest BCUT2D eigenvalue weighted by atomic mass is 9.87. The summed E-state index contributed by atoms with van der Waals surface area (Å²) in [5.74, 6) is -1.54. The summed E-state index contributed by atoms with van der Waals surface area (Å²) in [6, 6.07) is 11.9. The number of nitrogens with zero attached hydrogens (tertiary/aromatic N) is 1. The molecule has 1 N–H and O–H groups in total. The van der Waals surface area contributed by atoms with Crippen molar-refractivity contribution in [2.75, 3.05) is 29.8 Å². The SMILES string of the molecule is CCS(=O)(=O)N1CCc2cc(C(=O)COC(=O)CNC(=O)c3ccc(C(C)(C)C)cc3)ccc21. The molecule has 0 aromatic heterocycles. The smallest absolute Gasteiger partial charge is 0.325 e. The van der Waals surface area contributed by atoms with Gasteiger partial charge in [0.15, 0.2) is 12.4 Å². The van der Waals surface area contributed by atoms with Gasteiger partial charge in [0, 0.05) is 17.7 Å². The first-order valence-electron chi connectivity index (χ1n) is 11.1. The first kappa shape index (κ1) is 25.4. The predicted octanol–water partition coefficient (Wildman–Crippen LogP) is 2.85. The van der Waals surface area contributed by atoms with E-state index in [4.69, 9.17) is 4.74 Å². The molecule has 0 radical (unpaired) electrons. The van der Waals surface area contributed by atoms with Gasteiger partial charge in [0.05, 0.1) is 11.4 Å². The number of Topliss-reactive ketones (excluding diaryl/α,β-unsaturated/α-hetero) is 1. The summed E-state index contributed by atoms with van der Waals surface area (Å²) in [7, 11) is -3.36. The molecule has 1 aliphatic heterocycles. The van der Waals surface area contributed by atoms with Crippen LogP contribution in [0.2, 0.25) is 0 Å². The number of carbonyl (C=O) groups excluding carboxylic acids is 3. The van der Waals surface area contributed by atoms with Crippen LogP contribution in [0.25, 0.3) is 0 Å². The Kier molecular flexibility index (Phi) is 7.45. The lowest BCUT2D eigenvalue weighted by molar-refractivity contribution is -0.141. The number of fused-ring (bicyclic) bond motifs is 1. The van der Waals surface area contributed by atoms with Crippen molar-refractivity contribution < 1.29 is 27.5 Å². The first-order valence-corrected chi connectivity index (χ1v) is 12.7. The predicted molar refractivity (Wildman–Crippen MR) is 130 cm³/mol. The van der Waals surface area contributed by atoms with Gasteiger partial charge in [0.2, 0.25) is 10.0 Å². The Morgan fingerprint density at radius 1 is 1.03 bits per heavy atom. The molecule has 0 saturated heterocycles. The van der Waals surface area contributed by atoms with Crippen LogP contribution in [-0.2, 0) is 31.4 Å². The Labute approximate surface area is 200 Å². The molecule has 3 rings (SSSR count). The highest BCUT2D eigenvalue weighted by Crippen LogP contribution is 2.31. The number of anilines is 1. The highest BCUT2D eigenvalue weighted by Gasteiger charge is 2.28. The van der Waals surface area contributed by atoms with Crippen molar-refractivity contribution in [1.82, 2.24) is 5.32 Å². The van der Waals surface area contributed by atoms with Gasteiger partial charge in [0.1, 0.15) is 6.54 Å². The van der Waals surface area contributed by atoms with Crippen LogP contribution in [0, 0.1) is 0 Å². The van der Waals surface area contributed by atoms with Gasteiger partial charge in [-0.25, -0.2) is 8.42 Å². The van der Waals surface area contributed by atoms with Crippen molar-refractivity contribution in [3.8, 4) is 0 Å². The third-order valence-electron chi connectivity index (χ3n) is 5.73. The zero-order valence-electron chi connectivity index (χ0n) is 19.9. The van der Waals surface area contributed by atoms with E-state index in [0.717, 1.165) is 11.1 Å². The third-order valence-corrected chi connectivity index (χ3v) is 7.51. The molecule has 0 spiro atoms. The van der Waals surface area contributed by atoms with Gasteiger partial charge in [-0.2, -0.15) is 0 Å². The number of hydrogen-bond acceptors (Lipinski definition) is 6. The van der Waals surface area contributed by atoms with Gasteiger partial charge in [0.25, 0.3) is 5.91 Å². The molecule has 1 heterocycles. The van der Waals surface area contributed by atoms with Crippen molar-refractivity contribution in [1.29, 1.82) is 0 Å². The number of sulfonamides is 1. The van der Waals surface area contributed by atoms with Crippen LogP contribution < -0.4 is 9.62 Å². The molecular formula is C25H30N2O6S. The minimum absolute atomic E-state index is 0.00182. The van der Waals surface area contributed by atoms with Crippen molar-refractivity contribution in [2.24, 2.45) is 0 Å². The summed E-state index contributed by atoms with van der Waals surface area (Å²) in [6.45, 7) is 7.34. The minimum Gasteiger partial charge on any atom is -0.456 e. The van der Waals surface area contributed by atoms with Gasteiger partial charge < -0.3 is 10.1 Å². The number of ether oxygens (including phenoxy) is 1. The van der Waals surface area contributed by atoms with Gasteiger partial charge in [-0.05, 0) is 60.2 Å². The second-order valence-corrected chi connectivity index (χ2v) is 11.3. The molecule has 0 bridgehead atoms. The van der Waals surface area contributed by atoms with E-state index >= 15 is 0 Å². The molecular weight excluding hydrogens is 456 g/mol. The standard InChI is InChI=1S/C25H30N2O6S/c1-5-34(31,32)27-13-12-18-14-19(8-11-21(18)27)22(28)16-33-23(29)15-26-24(30)17-6-9-20(10-7-17)25(2,3)4/h6-11,14H,5,12-13,15-16H2,1-4H3,(H,26,30). The van der Waals surface area contributed by atoms with E-state index in [1.165, 1.54) is 10.4 Å². The van der Waals surface area contributed by atoms with E-state index in [9.17, 15) is 22.8 Å². The van der Waals surface area contributed by atoms with Gasteiger partial charge in [-0.3, -0.25) is 18.7 Å². The molecule has 0 aliphatic carbocycles. The molecule has 0 atom stereocenters. The number of carbonyl (C=O) groups is 3. The Morgan fingerprint density at radius 2 is 1.68 bits per heavy atom. The van der Waals surface area contributed by atoms with Gasteiger partial charge >= 0.3 is 5.97 Å². The number of rotatable bonds is 8. The fourth-order valence-corrected chi connectivity index (χ4v) is 4.81. The summed E-state index contributed by atoms with van der Waals surface area (Å²) in [5.41, 5.74) is 3.16. The molecule has 182 valence electrons. The molecule has 2 aromatic rings. The third kappa shape index (κ3) is 5.83. The van der Waals surface area contributed by atoms with Crippen LogP contribution in [0.15, 0.2) is 42.5 Å². The maximum Gasteiger partial charge on any atom is 0.325 e. The van der Waals surface area contributed by atoms with Gasteiger partial charge in [-0.1, -0.05) is 32.9 Å². The van der Waals surface area contributed by atoms with E-state index in [2.05, 4.69) is 26.1 Å². The highest BCUT2D eigenvalue weighted by molar-refractivity contribution is 7.92. The molecule has 1 aliphatic rings. The van der Waals surface area contributed by atoms with E-state index in [0.29, 0.717) is 29.8 Å². The first-order chi connectivity index (χ1) is 15.9. The van der Waals surface area contributed by atoms with E-state index in [1.807, 2.05) is 12.1 Å². The summed E-state index contributed by atoms with van der Waals surface area (Å²) < 4.78 is 30.7. The number of esters is 1. The van der Waals surface area contributed by atoms with Crippen LogP contribution in [0.4, 0.5) is 5.69 Å². The second kappa shape index (κ2) is 9.97. The Balaban J connectivity index is 1.51. The summed E-state index contributed by atoms with van der Waals surface area (Å²) in [6.07, 6.45) is 0.512. The number of benzene rings is 2. The maximum atomic E-state index is 12.5. The molecule has 1 amide bonds. The van der Waals surface area contributed by atoms with Crippen LogP contribution in [0.3, 0.4) is 0 Å². The molecule has 0 fully saturated rings. The number of nitrogens with one attached hydrogen (secondary N) is 1. The Hall–Kier alpha value is -3.20. The summed E-state index contributed by atoms with van der Waals surface area (Å²) >= 11 is 0. The molecule has 2 aromatic carbocycles. The minimum atomic E-state index is -3.36. The average molecular weight is 487 g/mol. The average Bonchev–Trinajstić information content (AvgIpc) is 3.24. The van der Waals surface area contributed by atoms with Crippen LogP contribution in [0.1, 0.15) is 59.5 Å². The topological polar surface area (TPSA) is 110 Å². The number of amides is 1. The zero-order chi connectivity index (χ0) is 25.1. The van der Waals surface area contributed by atoms with E-state index < -0.39 is 34.3 Å². The van der Waals surface area contributed by atoms with Crippen LogP contribution in [0.5, 0.6) is 0 Å². The van der Waals surface area contributed by atoms with Crippen LogP contribution in [-0.4, -0.2) is 51.5 Å². The molecule has 0 saturated carbocycles. The lowest BCUT2D eigenvalue weighted by Gasteiger charge is -2.19. The monoisotopic (exact) mass is 486 g/mol. The normalized spacial score (nSPS) is 13.4. The summed E-state index contributed by atoms with van der Waals surface area (Å²) in [4.78, 5) is 36.7. The zero-order valence-corrected chi connectivity index (χ0v) is 20.7. The van der Waals surface area contributed by atoms with Gasteiger partial charge in [-0.15, -0.1) is 0 Å². The highest BCUT2D eigenvalue weighted by atomic mass is 32.2. The van der Waals surface area contributed by atoms with Crippen molar-refractivity contribution in [2.45, 2.75) is 39.5 Å². The largest absolute Gasteiger partial charge is 0.456 e. The molecule has 0 unspecified atom stereocenters. The van der Waals surface area contributed by atoms with Crippen molar-refractivity contribution in [3.05, 3.63) is 64.7 Å². The Bertz CT molecular complexity index is 1200. The van der Waals surface area contributed by atoms with Crippen LogP contribution >= 0.6 is 0 Å². The molecule has 9 heteroatoms. The van der Waals surface area contributed by atoms with E-state index in [-0.39, 0.29) is 17.7 Å². The number of hydrogen-bond donors (Lipinski definition) is 1. The van der Waals surface area contributed by atoms with E-state index in [1.54, 1.807) is 31.2 Å². The lowest BCUT2D eigenvalue weighted by Crippen LogP contribution is -2.31. The quantitative estimate of drug-likeness (QED) is 0.454. The summed E-state index contributed by atoms with van der Waals surface area (Å²) in [5, 5.41) is 2.49. The fraction of sp³-hybridized carbons (Fsp3) is 0.400. The Morgan fingerprint density at radius 3 is 2.29 bits per heavy atom. The fourth-order valence-electron chi connectivity index (χ4n) is 3.65. The maximum absolute atomic E-state index is 12.5. The van der Waals surface area contributed by atoms with Crippen molar-refractivity contribution >= 4 is 33.4 Å².